The summed E-state index contributed by atoms with van der Waals surface area (Å²) in [6, 6.07) is 6.94. The van der Waals surface area contributed by atoms with Gasteiger partial charge in [0.2, 0.25) is 0 Å². The molecular formula is C69H131N5O18S2. The van der Waals surface area contributed by atoms with Crippen molar-refractivity contribution in [2.75, 3.05) is 26.7 Å². The van der Waals surface area contributed by atoms with Gasteiger partial charge in [-0.2, -0.15) is 0 Å². The Bertz CT molecular complexity index is 2750. The van der Waals surface area contributed by atoms with E-state index in [0.717, 1.165) is 0 Å². The molecule has 25 heteroatoms. The molecule has 1 aliphatic rings. The summed E-state index contributed by atoms with van der Waals surface area (Å²) in [5.41, 5.74) is 4.30. The Hall–Kier alpha value is -5.31. The Kier molecular flexibility index (Phi) is 44.6. The number of aliphatic carboxylic acids is 1. The van der Waals surface area contributed by atoms with E-state index in [9.17, 15) is 66.0 Å². The average molecular weight is 1380 g/mol. The first-order valence-electron chi connectivity index (χ1n) is 30.7. The van der Waals surface area contributed by atoms with E-state index in [2.05, 4.69) is 19.7 Å². The summed E-state index contributed by atoms with van der Waals surface area (Å²) in [5.74, 6) is -0.765. The van der Waals surface area contributed by atoms with Gasteiger partial charge in [-0.15, -0.1) is 0 Å². The van der Waals surface area contributed by atoms with Crippen molar-refractivity contribution in [3.63, 3.8) is 0 Å². The number of hydrogen-bond acceptors (Lipinski definition) is 19. The van der Waals surface area contributed by atoms with Gasteiger partial charge in [0.1, 0.15) is 23.8 Å². The molecule has 4 atom stereocenters. The van der Waals surface area contributed by atoms with Crippen molar-refractivity contribution in [3.05, 3.63) is 59.2 Å². The molecule has 2 aromatic rings. The number of esters is 1. The number of ether oxygens (including phenoxy) is 2. The van der Waals surface area contributed by atoms with Crippen LogP contribution in [0.4, 0.5) is 0 Å². The summed E-state index contributed by atoms with van der Waals surface area (Å²) in [6.07, 6.45) is 0.820. The Morgan fingerprint density at radius 3 is 1.02 bits per heavy atom. The van der Waals surface area contributed by atoms with E-state index in [1.54, 1.807) is 135 Å². The molecule has 0 unspecified atom stereocenters. The van der Waals surface area contributed by atoms with E-state index in [1.165, 1.54) is 36.9 Å². The molecule has 23 nitrogen and oxygen atoms in total. The molecule has 2 amide bonds. The molecule has 0 saturated carbocycles. The van der Waals surface area contributed by atoms with Crippen LogP contribution in [0, 0.1) is 21.7 Å². The maximum Gasteiger partial charge on any atom is 0.338 e. The number of carbonyl (C=O) groups is 6. The Morgan fingerprint density at radius 1 is 0.585 bits per heavy atom. The lowest BCUT2D eigenvalue weighted by atomic mass is 9.83. The number of carbonyl (C=O) groups excluding carboxylic acids is 4. The fourth-order valence-corrected chi connectivity index (χ4v) is 4.63. The van der Waals surface area contributed by atoms with E-state index in [-0.39, 0.29) is 56.5 Å². The number of hydrogen-bond donors (Lipinski definition) is 7. The number of amides is 2. The molecule has 2 heterocycles. The zero-order chi connectivity index (χ0) is 77.7. The molecule has 0 aliphatic carbocycles. The fourth-order valence-electron chi connectivity index (χ4n) is 4.63. The number of aliphatic hydroxyl groups is 4. The molecule has 1 aromatic heterocycles. The fraction of sp³-hybridized carbons (Fsp3) is 0.754. The second-order valence-corrected chi connectivity index (χ2v) is 37.9. The molecule has 552 valence electrons. The van der Waals surface area contributed by atoms with Crippen LogP contribution in [0.2, 0.25) is 0 Å². The van der Waals surface area contributed by atoms with Crippen LogP contribution in [0.15, 0.2) is 41.7 Å². The number of carboxylic acids is 2. The third-order valence-electron chi connectivity index (χ3n) is 12.3. The van der Waals surface area contributed by atoms with Crippen molar-refractivity contribution in [1.29, 1.82) is 0 Å². The van der Waals surface area contributed by atoms with Gasteiger partial charge in [-0.3, -0.25) is 33.9 Å². The minimum Gasteiger partial charge on any atom is -0.481 e. The lowest BCUT2D eigenvalue weighted by Crippen LogP contribution is -2.49. The molecule has 94 heavy (non-hydrogen) atoms. The summed E-state index contributed by atoms with van der Waals surface area (Å²) in [5, 5.41) is 54.8. The second kappa shape index (κ2) is 41.1. The maximum atomic E-state index is 12.0. The molecule has 0 fully saturated rings. The number of ketones is 1. The van der Waals surface area contributed by atoms with E-state index in [4.69, 9.17) is 20.7 Å². The lowest BCUT2D eigenvalue weighted by Gasteiger charge is -2.33. The van der Waals surface area contributed by atoms with E-state index in [1.807, 2.05) is 125 Å². The zero-order valence-electron chi connectivity index (χ0n) is 64.7. The van der Waals surface area contributed by atoms with E-state index in [0.29, 0.717) is 29.2 Å². The number of aromatic nitrogens is 2. The third kappa shape index (κ3) is 49.2. The number of methoxy groups -OCH3 is 2. The number of carboxylic acid groups (broad SMARTS) is 2. The smallest absolute Gasteiger partial charge is 0.338 e. The van der Waals surface area contributed by atoms with Gasteiger partial charge in [-0.25, -0.2) is 31.6 Å². The molecule has 1 aliphatic heterocycles. The number of Topliss-reactive ketones (excluding diaryl/α,β-unsaturated/α-hetero) is 1. The minimum atomic E-state index is -2.84. The van der Waals surface area contributed by atoms with Crippen LogP contribution in [-0.2, 0) is 48.9 Å². The van der Waals surface area contributed by atoms with Gasteiger partial charge < -0.3 is 45.8 Å². The standard InChI is InChI=1S/C12H13NO2.C10H22O4.C9H12N2O2.C6H14N2.C6H12O2.C6H12O.2C5H12O2S.C5H10O2.C5H12O/c1-12(2,3)13-10(14)8-6-4-5-7-9(8)11(13)15;1-5-6(11)7(12)8(13)9(14)10(2,3)4;1-9(2,3)8-10-4-6(5-11-8)7(12)13;1-5(7)8-6(2,3)4;1-6(2,3)5(7)8-4;1-5(7)6(2,3)4;2*1-5(2,3)8(4,6)7;1-5(2,3)4(6)7;1-5(2,3)6-4/h4-7H,1-3H3;6-9,11-14H,5H2,1-4H3;4-5H,1-3H3,(H,12,13);1-4H3,(H2,7,8);1-4H3;1-4H3;2*1-4H3;1-3H3,(H,6,7);1-4H3/t;6-,7-,8+,9-;;;;;;;;/m.1......../s1. The van der Waals surface area contributed by atoms with Gasteiger partial charge in [-0.05, 0) is 183 Å². The predicted molar refractivity (Wildman–Crippen MR) is 380 cm³/mol. The highest BCUT2D eigenvalue weighted by molar-refractivity contribution is 7.92. The van der Waals surface area contributed by atoms with E-state index >= 15 is 0 Å². The Balaban J connectivity index is -0.000000182. The van der Waals surface area contributed by atoms with Crippen molar-refractivity contribution in [3.8, 4) is 0 Å². The number of aliphatic hydroxyl groups excluding tert-OH is 4. The summed E-state index contributed by atoms with van der Waals surface area (Å²) < 4.78 is 50.8. The number of fused-ring (bicyclic) bond motifs is 1. The largest absolute Gasteiger partial charge is 0.481 e. The average Bonchev–Trinajstić information content (AvgIpc) is 1.62. The van der Waals surface area contributed by atoms with Crippen molar-refractivity contribution >= 4 is 61.0 Å². The normalized spacial score (nSPS) is 14.3. The first-order chi connectivity index (χ1) is 40.9. The van der Waals surface area contributed by atoms with Gasteiger partial charge in [0.15, 0.2) is 19.7 Å². The first kappa shape index (κ1) is 102. The monoisotopic (exact) mass is 1380 g/mol. The Morgan fingerprint density at radius 2 is 0.883 bits per heavy atom. The number of imide groups is 1. The molecule has 8 N–H and O–H groups in total. The number of benzene rings is 1. The summed E-state index contributed by atoms with van der Waals surface area (Å²) in [7, 11) is -2.58. The highest BCUT2D eigenvalue weighted by Gasteiger charge is 2.41. The second-order valence-electron chi connectivity index (χ2n) is 32.4. The van der Waals surface area contributed by atoms with Crippen molar-refractivity contribution in [2.24, 2.45) is 32.4 Å². The van der Waals surface area contributed by atoms with E-state index < -0.39 is 81.9 Å². The number of sulfone groups is 2. The van der Waals surface area contributed by atoms with Crippen LogP contribution in [0.25, 0.3) is 0 Å². The number of amidine groups is 1. The van der Waals surface area contributed by atoms with Crippen LogP contribution >= 0.6 is 0 Å². The summed E-state index contributed by atoms with van der Waals surface area (Å²) in [6.45, 7) is 60.3. The van der Waals surface area contributed by atoms with Crippen LogP contribution in [0.5, 0.6) is 0 Å². The first-order valence-corrected chi connectivity index (χ1v) is 34.5. The number of aromatic carboxylic acids is 1. The minimum absolute atomic E-state index is 0.0150. The van der Waals surface area contributed by atoms with Crippen LogP contribution in [0.3, 0.4) is 0 Å². The lowest BCUT2D eigenvalue weighted by molar-refractivity contribution is -0.149. The number of aliphatic imine (C=N–C) groups is 1. The summed E-state index contributed by atoms with van der Waals surface area (Å²) >= 11 is 0. The maximum absolute atomic E-state index is 12.0. The molecule has 0 spiro atoms. The van der Waals surface area contributed by atoms with Gasteiger partial charge in [0.05, 0.1) is 73.3 Å². The molecule has 0 bridgehead atoms. The number of nitrogens with zero attached hydrogens (tertiary/aromatic N) is 4. The summed E-state index contributed by atoms with van der Waals surface area (Å²) in [4.78, 5) is 78.9. The van der Waals surface area contributed by atoms with Gasteiger partial charge in [-0.1, -0.05) is 81.4 Å². The number of nitrogens with two attached hydrogens (primary N) is 1. The topological polar surface area (TPSA) is 378 Å². The molecular weight excluding hydrogens is 1250 g/mol. The Labute approximate surface area is 568 Å². The van der Waals surface area contributed by atoms with Crippen molar-refractivity contribution in [2.45, 2.75) is 291 Å². The highest BCUT2D eigenvalue weighted by atomic mass is 32.2. The molecule has 0 saturated heterocycles. The van der Waals surface area contributed by atoms with Crippen molar-refractivity contribution in [1.82, 2.24) is 14.9 Å². The SMILES string of the molecule is CC(=O)C(C)(C)C.CC(C)(C)C(=O)O.CC(C)(C)N1C(=O)c2ccccc2C1=O.CC(C)(C)S(C)(=O)=O.CC(C)(C)S(C)(=O)=O.CC(C)(C)c1ncc(C(=O)O)cn1.CC(N)=NC(C)(C)C.CC[C@@H](O)[C@@H](O)[C@H](O)[C@@H](O)C(C)(C)C.COC(=O)C(C)(C)C.COC(C)(C)C. The zero-order valence-corrected chi connectivity index (χ0v) is 66.4. The molecule has 1 aromatic carbocycles. The number of rotatable bonds is 5. The van der Waals surface area contributed by atoms with Crippen LogP contribution in [-0.4, -0.2) is 181 Å². The van der Waals surface area contributed by atoms with Crippen molar-refractivity contribution < 1.29 is 85.7 Å². The van der Waals surface area contributed by atoms with Crippen LogP contribution < -0.4 is 5.73 Å². The molecule has 3 rings (SSSR count). The highest BCUT2D eigenvalue weighted by Crippen LogP contribution is 2.29. The molecule has 0 radical (unpaired) electrons. The van der Waals surface area contributed by atoms with Gasteiger partial charge >= 0.3 is 17.9 Å². The van der Waals surface area contributed by atoms with Gasteiger partial charge in [0.25, 0.3) is 11.8 Å². The third-order valence-corrected chi connectivity index (χ3v) is 16.7. The van der Waals surface area contributed by atoms with Gasteiger partial charge in [0, 0.05) is 48.4 Å². The predicted octanol–water partition coefficient (Wildman–Crippen LogP) is 11.6. The quantitative estimate of drug-likeness (QED) is 0.0633. The van der Waals surface area contributed by atoms with Crippen LogP contribution in [0.1, 0.15) is 272 Å².